The first-order valence-corrected chi connectivity index (χ1v) is 6.96. The van der Waals surface area contributed by atoms with Crippen molar-refractivity contribution in [2.75, 3.05) is 26.2 Å². The molecule has 0 bridgehead atoms. The average Bonchev–Trinajstić information content (AvgIpc) is 2.36. The molecule has 7 heteroatoms. The lowest BCUT2D eigenvalue weighted by Gasteiger charge is -2.36. The van der Waals surface area contributed by atoms with E-state index in [0.29, 0.717) is 6.54 Å². The molecule has 1 atom stereocenters. The van der Waals surface area contributed by atoms with E-state index in [2.05, 4.69) is 0 Å². The normalized spacial score (nSPS) is 19.1. The lowest BCUT2D eigenvalue weighted by molar-refractivity contribution is -0.141. The van der Waals surface area contributed by atoms with Gasteiger partial charge in [-0.15, -0.1) is 0 Å². The average molecular weight is 285 g/mol. The van der Waals surface area contributed by atoms with Crippen molar-refractivity contribution in [2.24, 2.45) is 5.73 Å². The fourth-order valence-corrected chi connectivity index (χ4v) is 2.61. The molecule has 1 aliphatic rings. The third-order valence-corrected chi connectivity index (χ3v) is 3.52. The van der Waals surface area contributed by atoms with Gasteiger partial charge in [0, 0.05) is 12.6 Å². The van der Waals surface area contributed by atoms with E-state index in [9.17, 15) is 14.4 Å². The molecule has 1 fully saturated rings. The molecule has 114 valence electrons. The Morgan fingerprint density at radius 3 is 2.50 bits per heavy atom. The minimum Gasteiger partial charge on any atom is -0.480 e. The van der Waals surface area contributed by atoms with Crippen molar-refractivity contribution in [1.82, 2.24) is 9.80 Å². The zero-order valence-corrected chi connectivity index (χ0v) is 11.9. The number of nitrogens with two attached hydrogens (primary N) is 1. The number of carbonyl (C=O) groups is 3. The molecule has 7 nitrogen and oxygen atoms in total. The number of primary amides is 1. The second-order valence-corrected chi connectivity index (χ2v) is 5.15. The molecule has 1 aliphatic heterocycles. The van der Waals surface area contributed by atoms with Gasteiger partial charge in [-0.1, -0.05) is 6.92 Å². The number of piperidine rings is 1. The topological polar surface area (TPSA) is 104 Å². The molecule has 1 saturated heterocycles. The second kappa shape index (κ2) is 7.84. The Labute approximate surface area is 118 Å². The zero-order valence-electron chi connectivity index (χ0n) is 11.9. The molecular weight excluding hydrogens is 262 g/mol. The fraction of sp³-hybridized carbons (Fsp3) is 0.769. The molecule has 0 spiro atoms. The maximum Gasteiger partial charge on any atom is 0.317 e. The number of aliphatic carboxylic acids is 1. The minimum atomic E-state index is -1.08. The highest BCUT2D eigenvalue weighted by atomic mass is 16.4. The van der Waals surface area contributed by atoms with Crippen molar-refractivity contribution < 1.29 is 19.5 Å². The highest BCUT2D eigenvalue weighted by molar-refractivity contribution is 5.82. The van der Waals surface area contributed by atoms with Gasteiger partial charge in [0.1, 0.15) is 0 Å². The van der Waals surface area contributed by atoms with Crippen molar-refractivity contribution in [3.8, 4) is 0 Å². The van der Waals surface area contributed by atoms with Crippen LogP contribution in [0, 0.1) is 0 Å². The number of rotatable bonds is 7. The summed E-state index contributed by atoms with van der Waals surface area (Å²) in [4.78, 5) is 37.0. The smallest absolute Gasteiger partial charge is 0.317 e. The van der Waals surface area contributed by atoms with E-state index in [0.717, 1.165) is 25.7 Å². The van der Waals surface area contributed by atoms with Gasteiger partial charge in [0.05, 0.1) is 19.6 Å². The van der Waals surface area contributed by atoms with Crippen LogP contribution in [0.2, 0.25) is 0 Å². The third-order valence-electron chi connectivity index (χ3n) is 3.52. The summed E-state index contributed by atoms with van der Waals surface area (Å²) in [5.74, 6) is -1.84. The number of likely N-dealkylation sites (tertiary alicyclic amines) is 1. The van der Waals surface area contributed by atoms with Crippen LogP contribution in [-0.4, -0.2) is 64.9 Å². The van der Waals surface area contributed by atoms with E-state index >= 15 is 0 Å². The van der Waals surface area contributed by atoms with Crippen molar-refractivity contribution in [3.63, 3.8) is 0 Å². The van der Waals surface area contributed by atoms with Crippen LogP contribution in [0.15, 0.2) is 0 Å². The van der Waals surface area contributed by atoms with E-state index in [1.54, 1.807) is 4.90 Å². The Kier molecular flexibility index (Phi) is 6.44. The monoisotopic (exact) mass is 285 g/mol. The Bertz CT molecular complexity index is 357. The Hall–Kier alpha value is -1.63. The summed E-state index contributed by atoms with van der Waals surface area (Å²) in [5, 5.41) is 8.80. The van der Waals surface area contributed by atoms with Crippen LogP contribution in [0.25, 0.3) is 0 Å². The standard InChI is InChI=1S/C13H23N3O4/c1-2-10-5-3-4-6-16(10)12(18)8-15(7-11(14)17)9-13(19)20/h10H,2-9H2,1H3,(H2,14,17)(H,19,20). The van der Waals surface area contributed by atoms with E-state index in [4.69, 9.17) is 10.8 Å². The molecule has 0 saturated carbocycles. The minimum absolute atomic E-state index is 0.0776. The molecule has 1 unspecified atom stereocenters. The molecule has 0 radical (unpaired) electrons. The molecule has 0 aromatic rings. The van der Waals surface area contributed by atoms with E-state index < -0.39 is 11.9 Å². The predicted octanol–water partition coefficient (Wildman–Crippen LogP) is -0.351. The van der Waals surface area contributed by atoms with Crippen molar-refractivity contribution >= 4 is 17.8 Å². The number of hydrogen-bond donors (Lipinski definition) is 2. The number of amides is 2. The van der Waals surface area contributed by atoms with Crippen LogP contribution in [-0.2, 0) is 14.4 Å². The summed E-state index contributed by atoms with van der Waals surface area (Å²) in [6.45, 7) is 2.08. The van der Waals surface area contributed by atoms with E-state index in [1.165, 1.54) is 4.90 Å². The maximum absolute atomic E-state index is 12.3. The van der Waals surface area contributed by atoms with Gasteiger partial charge in [0.25, 0.3) is 0 Å². The number of hydrogen-bond acceptors (Lipinski definition) is 4. The molecule has 20 heavy (non-hydrogen) atoms. The Balaban J connectivity index is 2.63. The zero-order chi connectivity index (χ0) is 15.1. The van der Waals surface area contributed by atoms with Gasteiger partial charge < -0.3 is 15.7 Å². The quantitative estimate of drug-likeness (QED) is 0.665. The molecule has 1 heterocycles. The van der Waals surface area contributed by atoms with Crippen LogP contribution in [0.5, 0.6) is 0 Å². The molecule has 0 aliphatic carbocycles. The van der Waals surface area contributed by atoms with Gasteiger partial charge in [-0.25, -0.2) is 0 Å². The van der Waals surface area contributed by atoms with Crippen LogP contribution in [0.1, 0.15) is 32.6 Å². The Morgan fingerprint density at radius 1 is 1.25 bits per heavy atom. The van der Waals surface area contributed by atoms with Gasteiger partial charge in [0.2, 0.25) is 11.8 Å². The lowest BCUT2D eigenvalue weighted by Crippen LogP contribution is -2.49. The van der Waals surface area contributed by atoms with Gasteiger partial charge >= 0.3 is 5.97 Å². The maximum atomic E-state index is 12.3. The highest BCUT2D eigenvalue weighted by Crippen LogP contribution is 2.19. The third kappa shape index (κ3) is 5.16. The summed E-state index contributed by atoms with van der Waals surface area (Å²) < 4.78 is 0. The van der Waals surface area contributed by atoms with Crippen LogP contribution in [0.4, 0.5) is 0 Å². The van der Waals surface area contributed by atoms with Crippen molar-refractivity contribution in [3.05, 3.63) is 0 Å². The lowest BCUT2D eigenvalue weighted by atomic mass is 10.00. The fourth-order valence-electron chi connectivity index (χ4n) is 2.61. The summed E-state index contributed by atoms with van der Waals surface area (Å²) in [6.07, 6.45) is 3.96. The van der Waals surface area contributed by atoms with Crippen LogP contribution >= 0.6 is 0 Å². The van der Waals surface area contributed by atoms with Crippen molar-refractivity contribution in [1.29, 1.82) is 0 Å². The predicted molar refractivity (Wildman–Crippen MR) is 72.9 cm³/mol. The Morgan fingerprint density at radius 2 is 1.95 bits per heavy atom. The second-order valence-electron chi connectivity index (χ2n) is 5.15. The summed E-state index contributed by atoms with van der Waals surface area (Å²) in [5.41, 5.74) is 5.08. The number of carboxylic acids is 1. The highest BCUT2D eigenvalue weighted by Gasteiger charge is 2.27. The first-order valence-electron chi connectivity index (χ1n) is 6.96. The molecule has 0 aromatic carbocycles. The summed E-state index contributed by atoms with van der Waals surface area (Å²) in [7, 11) is 0. The van der Waals surface area contributed by atoms with E-state index in [-0.39, 0.29) is 31.6 Å². The van der Waals surface area contributed by atoms with Gasteiger partial charge in [-0.2, -0.15) is 0 Å². The number of carbonyl (C=O) groups excluding carboxylic acids is 2. The number of nitrogens with zero attached hydrogens (tertiary/aromatic N) is 2. The molecule has 2 amide bonds. The largest absolute Gasteiger partial charge is 0.480 e. The molecule has 1 rings (SSSR count). The van der Waals surface area contributed by atoms with Crippen molar-refractivity contribution in [2.45, 2.75) is 38.6 Å². The summed E-state index contributed by atoms with van der Waals surface area (Å²) in [6, 6.07) is 0.219. The SMILES string of the molecule is CCC1CCCCN1C(=O)CN(CC(N)=O)CC(=O)O. The first-order chi connectivity index (χ1) is 9.43. The molecular formula is C13H23N3O4. The van der Waals surface area contributed by atoms with Crippen LogP contribution < -0.4 is 5.73 Å². The van der Waals surface area contributed by atoms with Gasteiger partial charge in [-0.05, 0) is 25.7 Å². The molecule has 0 aromatic heterocycles. The van der Waals surface area contributed by atoms with Gasteiger partial charge in [-0.3, -0.25) is 19.3 Å². The number of carboxylic acid groups (broad SMARTS) is 1. The summed E-state index contributed by atoms with van der Waals surface area (Å²) >= 11 is 0. The van der Waals surface area contributed by atoms with Gasteiger partial charge in [0.15, 0.2) is 0 Å². The van der Waals surface area contributed by atoms with E-state index in [1.807, 2.05) is 6.92 Å². The molecule has 3 N–H and O–H groups in total. The van der Waals surface area contributed by atoms with Crippen LogP contribution in [0.3, 0.4) is 0 Å². The first kappa shape index (κ1) is 16.4.